The summed E-state index contributed by atoms with van der Waals surface area (Å²) in [6, 6.07) is 43.0. The molecule has 0 radical (unpaired) electrons. The van der Waals surface area contributed by atoms with E-state index >= 15 is 0 Å². The van der Waals surface area contributed by atoms with Gasteiger partial charge in [0.1, 0.15) is 0 Å². The first kappa shape index (κ1) is 24.3. The molecule has 3 heterocycles. The van der Waals surface area contributed by atoms with Crippen LogP contribution in [0.2, 0.25) is 0 Å². The Morgan fingerprint density at radius 3 is 1.76 bits per heavy atom. The summed E-state index contributed by atoms with van der Waals surface area (Å²) in [6.07, 6.45) is 4.08. The summed E-state index contributed by atoms with van der Waals surface area (Å²) in [6.45, 7) is 4.31. The summed E-state index contributed by atoms with van der Waals surface area (Å²) in [5.74, 6) is 0.684. The molecule has 0 unspecified atom stereocenters. The molecule has 8 rings (SSSR count). The van der Waals surface area contributed by atoms with Gasteiger partial charge in [0, 0.05) is 45.5 Å². The predicted molar refractivity (Wildman–Crippen MR) is 173 cm³/mol. The van der Waals surface area contributed by atoms with E-state index in [0.717, 1.165) is 39.3 Å². The lowest BCUT2D eigenvalue weighted by Gasteiger charge is -2.10. The van der Waals surface area contributed by atoms with Crippen molar-refractivity contribution in [2.24, 2.45) is 0 Å². The molecule has 5 aromatic carbocycles. The van der Waals surface area contributed by atoms with E-state index in [9.17, 15) is 0 Å². The first-order valence-corrected chi connectivity index (χ1v) is 14.3. The van der Waals surface area contributed by atoms with Crippen molar-refractivity contribution in [3.63, 3.8) is 0 Å². The predicted octanol–water partition coefficient (Wildman–Crippen LogP) is 9.44. The highest BCUT2D eigenvalue weighted by Gasteiger charge is 2.18. The second-order valence-electron chi connectivity index (χ2n) is 11.0. The van der Waals surface area contributed by atoms with Crippen molar-refractivity contribution < 1.29 is 0 Å². The number of benzene rings is 5. The lowest BCUT2D eigenvalue weighted by Crippen LogP contribution is -1.95. The molecule has 0 saturated heterocycles. The Morgan fingerprint density at radius 1 is 0.548 bits per heavy atom. The summed E-state index contributed by atoms with van der Waals surface area (Å²) in [5.41, 5.74) is 12.4. The highest BCUT2D eigenvalue weighted by atomic mass is 15.1. The fraction of sp³-hybridized carbons (Fsp3) is 0.0526. The quantitative estimate of drug-likeness (QED) is 0.223. The van der Waals surface area contributed by atoms with Crippen molar-refractivity contribution in [2.75, 3.05) is 0 Å². The minimum absolute atomic E-state index is 0.684. The molecule has 42 heavy (non-hydrogen) atoms. The summed E-state index contributed by atoms with van der Waals surface area (Å²) >= 11 is 0. The Hall–Kier alpha value is -5.48. The summed E-state index contributed by atoms with van der Waals surface area (Å²) < 4.78 is 4.49. The van der Waals surface area contributed by atoms with E-state index in [1.54, 1.807) is 0 Å². The Labute approximate surface area is 244 Å². The molecule has 0 aliphatic rings. The summed E-state index contributed by atoms with van der Waals surface area (Å²) in [4.78, 5) is 9.77. The van der Waals surface area contributed by atoms with Crippen LogP contribution in [0.4, 0.5) is 0 Å². The molecule has 4 nitrogen and oxygen atoms in total. The average Bonchev–Trinajstić information content (AvgIpc) is 3.57. The first-order valence-electron chi connectivity index (χ1n) is 14.3. The fourth-order valence-electron chi connectivity index (χ4n) is 6.08. The SMILES string of the molecule is Cc1ccc2c(c1)c1cc(C)ccc1n2-c1ccc(-c2cnc3nc(-c4ccccc4)c(-c4ccccc4)n3c2)cc1. The van der Waals surface area contributed by atoms with Crippen LogP contribution in [0.5, 0.6) is 0 Å². The second-order valence-corrected chi connectivity index (χ2v) is 11.0. The van der Waals surface area contributed by atoms with Gasteiger partial charge in [-0.15, -0.1) is 0 Å². The second kappa shape index (κ2) is 9.57. The molecule has 8 aromatic rings. The van der Waals surface area contributed by atoms with Crippen LogP contribution in [0.1, 0.15) is 11.1 Å². The molecule has 200 valence electrons. The van der Waals surface area contributed by atoms with E-state index in [4.69, 9.17) is 9.97 Å². The van der Waals surface area contributed by atoms with Crippen LogP contribution in [0.25, 0.3) is 66.9 Å². The number of hydrogen-bond acceptors (Lipinski definition) is 2. The maximum Gasteiger partial charge on any atom is 0.234 e. The maximum atomic E-state index is 4.96. The van der Waals surface area contributed by atoms with Gasteiger partial charge in [-0.1, -0.05) is 96.1 Å². The van der Waals surface area contributed by atoms with Crippen LogP contribution in [0, 0.1) is 13.8 Å². The highest BCUT2D eigenvalue weighted by molar-refractivity contribution is 6.09. The normalized spacial score (nSPS) is 11.6. The van der Waals surface area contributed by atoms with Gasteiger partial charge in [-0.05, 0) is 55.8 Å². The monoisotopic (exact) mass is 540 g/mol. The largest absolute Gasteiger partial charge is 0.309 e. The first-order chi connectivity index (χ1) is 20.6. The van der Waals surface area contributed by atoms with Crippen molar-refractivity contribution in [1.29, 1.82) is 0 Å². The minimum atomic E-state index is 0.684. The molecule has 0 saturated carbocycles. The van der Waals surface area contributed by atoms with Gasteiger partial charge in [-0.2, -0.15) is 0 Å². The molecule has 0 fully saturated rings. The Morgan fingerprint density at radius 2 is 1.14 bits per heavy atom. The Bertz CT molecular complexity index is 2180. The number of fused-ring (bicyclic) bond motifs is 4. The van der Waals surface area contributed by atoms with Gasteiger partial charge >= 0.3 is 0 Å². The van der Waals surface area contributed by atoms with Crippen LogP contribution in [0.15, 0.2) is 134 Å². The van der Waals surface area contributed by atoms with Gasteiger partial charge in [0.15, 0.2) is 0 Å². The Kier molecular flexibility index (Phi) is 5.54. The standard InChI is InChI=1S/C38H28N4/c1-25-13-19-34-32(21-25)33-22-26(2)14-20-35(33)42(34)31-17-15-27(16-18-31)30-23-39-38-40-36(28-9-5-3-6-10-28)37(41(38)24-30)29-11-7-4-8-12-29/h3-24H,1-2H3. The smallest absolute Gasteiger partial charge is 0.234 e. The maximum absolute atomic E-state index is 4.96. The Balaban J connectivity index is 1.26. The molecular weight excluding hydrogens is 512 g/mol. The van der Waals surface area contributed by atoms with Gasteiger partial charge < -0.3 is 4.57 Å². The van der Waals surface area contributed by atoms with Gasteiger partial charge in [0.05, 0.1) is 22.4 Å². The number of rotatable bonds is 4. The van der Waals surface area contributed by atoms with Crippen LogP contribution >= 0.6 is 0 Å². The van der Waals surface area contributed by atoms with E-state index in [0.29, 0.717) is 5.78 Å². The van der Waals surface area contributed by atoms with Crippen molar-refractivity contribution in [3.8, 4) is 39.3 Å². The zero-order valence-corrected chi connectivity index (χ0v) is 23.5. The number of hydrogen-bond donors (Lipinski definition) is 0. The fourth-order valence-corrected chi connectivity index (χ4v) is 6.08. The van der Waals surface area contributed by atoms with Gasteiger partial charge in [0.25, 0.3) is 0 Å². The van der Waals surface area contributed by atoms with Crippen LogP contribution in [0.3, 0.4) is 0 Å². The minimum Gasteiger partial charge on any atom is -0.309 e. The van der Waals surface area contributed by atoms with E-state index in [1.807, 2.05) is 30.5 Å². The molecule has 0 aliphatic carbocycles. The molecule has 0 atom stereocenters. The topological polar surface area (TPSA) is 35.1 Å². The number of aryl methyl sites for hydroxylation is 2. The van der Waals surface area contributed by atoms with E-state index in [1.165, 1.54) is 32.9 Å². The molecule has 0 spiro atoms. The van der Waals surface area contributed by atoms with Crippen molar-refractivity contribution in [1.82, 2.24) is 18.9 Å². The summed E-state index contributed by atoms with van der Waals surface area (Å²) in [7, 11) is 0. The zero-order chi connectivity index (χ0) is 28.2. The molecule has 0 N–H and O–H groups in total. The van der Waals surface area contributed by atoms with Gasteiger partial charge in [-0.25, -0.2) is 9.97 Å². The van der Waals surface area contributed by atoms with Crippen LogP contribution < -0.4 is 0 Å². The molecule has 0 amide bonds. The molecule has 4 heteroatoms. The number of imidazole rings is 1. The van der Waals surface area contributed by atoms with Crippen molar-refractivity contribution >= 4 is 27.6 Å². The highest BCUT2D eigenvalue weighted by Crippen LogP contribution is 2.35. The average molecular weight is 541 g/mol. The van der Waals surface area contributed by atoms with E-state index in [-0.39, 0.29) is 0 Å². The third kappa shape index (κ3) is 3.92. The third-order valence-corrected chi connectivity index (χ3v) is 8.11. The lowest BCUT2D eigenvalue weighted by molar-refractivity contribution is 1.11. The van der Waals surface area contributed by atoms with Crippen LogP contribution in [-0.4, -0.2) is 18.9 Å². The third-order valence-electron chi connectivity index (χ3n) is 8.11. The van der Waals surface area contributed by atoms with Gasteiger partial charge in [-0.3, -0.25) is 4.40 Å². The van der Waals surface area contributed by atoms with E-state index < -0.39 is 0 Å². The van der Waals surface area contributed by atoms with Crippen LogP contribution in [-0.2, 0) is 0 Å². The molecule has 0 bridgehead atoms. The molecule has 3 aromatic heterocycles. The molecule has 0 aliphatic heterocycles. The number of aromatic nitrogens is 4. The zero-order valence-electron chi connectivity index (χ0n) is 23.5. The van der Waals surface area contributed by atoms with Crippen molar-refractivity contribution in [3.05, 3.63) is 145 Å². The van der Waals surface area contributed by atoms with Gasteiger partial charge in [0.2, 0.25) is 5.78 Å². The molecular formula is C38H28N4. The lowest BCUT2D eigenvalue weighted by atomic mass is 10.0. The summed E-state index contributed by atoms with van der Waals surface area (Å²) in [5, 5.41) is 2.57. The van der Waals surface area contributed by atoms with Crippen molar-refractivity contribution in [2.45, 2.75) is 13.8 Å². The number of nitrogens with zero attached hydrogens (tertiary/aromatic N) is 4. The van der Waals surface area contributed by atoms with E-state index in [2.05, 4.69) is 126 Å².